The second-order valence-corrected chi connectivity index (χ2v) is 9.30. The molecule has 0 spiro atoms. The summed E-state index contributed by atoms with van der Waals surface area (Å²) in [6.45, 7) is -0.335. The highest BCUT2D eigenvalue weighted by Gasteiger charge is 2.30. The Kier molecular flexibility index (Phi) is 5.27. The Hall–Kier alpha value is -2.15. The molecule has 8 nitrogen and oxygen atoms in total. The van der Waals surface area contributed by atoms with E-state index in [1.54, 1.807) is 23.1 Å². The van der Waals surface area contributed by atoms with Gasteiger partial charge in [-0.15, -0.1) is 11.3 Å². The number of rotatable bonds is 4. The standard InChI is InChI=1S/C16H13N5O3S4/c1-26-16-18-8-3-2-7-12(13(8)28-16)27-15(17-7)20-14(25)19-9(22)6-21-10(23)4-5-11(21)24/h2-3H,4-6H2,1H3,(H2,17,19,20,22,25). The maximum atomic E-state index is 12.1. The second-order valence-electron chi connectivity index (χ2n) is 5.84. The van der Waals surface area contributed by atoms with Crippen LogP contribution in [0.2, 0.25) is 0 Å². The minimum Gasteiger partial charge on any atom is -0.308 e. The second kappa shape index (κ2) is 7.70. The molecule has 28 heavy (non-hydrogen) atoms. The number of amides is 3. The Morgan fingerprint density at radius 2 is 1.82 bits per heavy atom. The van der Waals surface area contributed by atoms with E-state index >= 15 is 0 Å². The van der Waals surface area contributed by atoms with Gasteiger partial charge >= 0.3 is 0 Å². The van der Waals surface area contributed by atoms with Crippen molar-refractivity contribution in [1.82, 2.24) is 20.2 Å². The van der Waals surface area contributed by atoms with Crippen LogP contribution in [0, 0.1) is 0 Å². The summed E-state index contributed by atoms with van der Waals surface area (Å²) in [6.07, 6.45) is 2.27. The smallest absolute Gasteiger partial charge is 0.246 e. The monoisotopic (exact) mass is 451 g/mol. The predicted octanol–water partition coefficient (Wildman–Crippen LogP) is 2.59. The molecule has 1 aromatic carbocycles. The quantitative estimate of drug-likeness (QED) is 0.354. The first-order chi connectivity index (χ1) is 13.4. The lowest BCUT2D eigenvalue weighted by Gasteiger charge is -2.13. The van der Waals surface area contributed by atoms with Crippen LogP contribution in [0.25, 0.3) is 20.4 Å². The first-order valence-corrected chi connectivity index (χ1v) is 11.4. The van der Waals surface area contributed by atoms with Crippen LogP contribution in [-0.4, -0.2) is 50.5 Å². The molecule has 0 atom stereocenters. The highest BCUT2D eigenvalue weighted by molar-refractivity contribution is 8.00. The highest BCUT2D eigenvalue weighted by Crippen LogP contribution is 2.37. The number of nitrogens with one attached hydrogen (secondary N) is 2. The van der Waals surface area contributed by atoms with E-state index in [0.29, 0.717) is 5.13 Å². The van der Waals surface area contributed by atoms with E-state index in [0.717, 1.165) is 29.7 Å². The number of benzene rings is 1. The Labute approximate surface area is 176 Å². The van der Waals surface area contributed by atoms with Gasteiger partial charge in [-0.3, -0.25) is 19.3 Å². The molecule has 3 aromatic rings. The first kappa shape index (κ1) is 19.2. The van der Waals surface area contributed by atoms with Gasteiger partial charge in [-0.25, -0.2) is 9.97 Å². The molecule has 12 heteroatoms. The van der Waals surface area contributed by atoms with Gasteiger partial charge < -0.3 is 10.6 Å². The molecule has 1 fully saturated rings. The fourth-order valence-electron chi connectivity index (χ4n) is 2.73. The van der Waals surface area contributed by atoms with Crippen molar-refractivity contribution in [2.24, 2.45) is 0 Å². The van der Waals surface area contributed by atoms with E-state index in [2.05, 4.69) is 20.6 Å². The molecule has 0 bridgehead atoms. The number of imide groups is 1. The fourth-order valence-corrected chi connectivity index (χ4v) is 5.67. The van der Waals surface area contributed by atoms with Gasteiger partial charge in [-0.05, 0) is 30.6 Å². The zero-order valence-corrected chi connectivity index (χ0v) is 17.7. The normalized spacial score (nSPS) is 14.2. The molecule has 1 aliphatic heterocycles. The molecule has 0 unspecified atom stereocenters. The summed E-state index contributed by atoms with van der Waals surface area (Å²) >= 11 is 9.79. The summed E-state index contributed by atoms with van der Waals surface area (Å²) in [5, 5.41) is 5.98. The summed E-state index contributed by atoms with van der Waals surface area (Å²) in [5.74, 6) is -1.22. The Morgan fingerprint density at radius 3 is 2.50 bits per heavy atom. The molecular weight excluding hydrogens is 438 g/mol. The molecule has 2 aromatic heterocycles. The number of thiazole rings is 2. The van der Waals surface area contributed by atoms with Crippen LogP contribution in [0.1, 0.15) is 12.8 Å². The maximum Gasteiger partial charge on any atom is 0.246 e. The van der Waals surface area contributed by atoms with Crippen LogP contribution in [0.15, 0.2) is 16.5 Å². The lowest BCUT2D eigenvalue weighted by atomic mass is 10.3. The molecular formula is C16H13N5O3S4. The van der Waals surface area contributed by atoms with Crippen molar-refractivity contribution in [1.29, 1.82) is 0 Å². The van der Waals surface area contributed by atoms with Gasteiger partial charge in [0.15, 0.2) is 14.6 Å². The zero-order chi connectivity index (χ0) is 19.8. The van der Waals surface area contributed by atoms with Crippen LogP contribution in [0.4, 0.5) is 5.13 Å². The van der Waals surface area contributed by atoms with E-state index in [-0.39, 0.29) is 36.3 Å². The van der Waals surface area contributed by atoms with Gasteiger partial charge in [0.05, 0.1) is 20.4 Å². The van der Waals surface area contributed by atoms with E-state index in [1.165, 1.54) is 11.3 Å². The number of hydrogen-bond acceptors (Lipinski definition) is 9. The molecule has 3 amide bonds. The summed E-state index contributed by atoms with van der Waals surface area (Å²) in [5.41, 5.74) is 1.74. The number of fused-ring (bicyclic) bond motifs is 3. The van der Waals surface area contributed by atoms with Crippen molar-refractivity contribution >= 4 is 95.1 Å². The first-order valence-electron chi connectivity index (χ1n) is 8.12. The van der Waals surface area contributed by atoms with Crippen molar-refractivity contribution in [3.05, 3.63) is 12.1 Å². The number of thiocarbonyl (C=S) groups is 1. The van der Waals surface area contributed by atoms with Crippen molar-refractivity contribution < 1.29 is 14.4 Å². The molecule has 144 valence electrons. The van der Waals surface area contributed by atoms with Crippen molar-refractivity contribution in [2.75, 3.05) is 18.1 Å². The summed E-state index contributed by atoms with van der Waals surface area (Å²) in [7, 11) is 0. The van der Waals surface area contributed by atoms with E-state index in [4.69, 9.17) is 12.2 Å². The number of likely N-dealkylation sites (tertiary alicyclic amines) is 1. The van der Waals surface area contributed by atoms with Gasteiger partial charge in [0.2, 0.25) is 17.7 Å². The highest BCUT2D eigenvalue weighted by atomic mass is 32.2. The van der Waals surface area contributed by atoms with Crippen LogP contribution in [0.5, 0.6) is 0 Å². The molecule has 1 saturated heterocycles. The van der Waals surface area contributed by atoms with Crippen molar-refractivity contribution in [3.63, 3.8) is 0 Å². The van der Waals surface area contributed by atoms with Gasteiger partial charge in [0, 0.05) is 12.8 Å². The van der Waals surface area contributed by atoms with Gasteiger partial charge in [-0.2, -0.15) is 0 Å². The summed E-state index contributed by atoms with van der Waals surface area (Å²) in [4.78, 5) is 45.2. The fraction of sp³-hybridized carbons (Fsp3) is 0.250. The summed E-state index contributed by atoms with van der Waals surface area (Å²) < 4.78 is 3.05. The number of thioether (sulfide) groups is 1. The Morgan fingerprint density at radius 1 is 1.18 bits per heavy atom. The topological polar surface area (TPSA) is 104 Å². The van der Waals surface area contributed by atoms with Gasteiger partial charge in [0.25, 0.3) is 0 Å². The zero-order valence-electron chi connectivity index (χ0n) is 14.5. The van der Waals surface area contributed by atoms with E-state index < -0.39 is 5.91 Å². The third-order valence-corrected chi connectivity index (χ3v) is 7.41. The molecule has 4 rings (SSSR count). The van der Waals surface area contributed by atoms with E-state index in [1.807, 2.05) is 18.4 Å². The minimum absolute atomic E-state index is 0.0634. The Bertz CT molecular complexity index is 1120. The number of hydrogen-bond donors (Lipinski definition) is 2. The SMILES string of the molecule is CSc1nc2ccc3nc(NC(=S)NC(=O)CN4C(=O)CCC4=O)sc3c2s1. The molecule has 2 N–H and O–H groups in total. The maximum absolute atomic E-state index is 12.1. The Balaban J connectivity index is 1.45. The van der Waals surface area contributed by atoms with Gasteiger partial charge in [-0.1, -0.05) is 23.1 Å². The predicted molar refractivity (Wildman–Crippen MR) is 115 cm³/mol. The van der Waals surface area contributed by atoms with Crippen molar-refractivity contribution in [2.45, 2.75) is 17.2 Å². The third kappa shape index (κ3) is 3.72. The average molecular weight is 452 g/mol. The molecule has 1 aliphatic rings. The van der Waals surface area contributed by atoms with E-state index in [9.17, 15) is 14.4 Å². The van der Waals surface area contributed by atoms with Crippen LogP contribution in [-0.2, 0) is 14.4 Å². The van der Waals surface area contributed by atoms with Crippen LogP contribution in [0.3, 0.4) is 0 Å². The number of aromatic nitrogens is 2. The molecule has 0 saturated carbocycles. The van der Waals surface area contributed by atoms with Gasteiger partial charge in [0.1, 0.15) is 6.54 Å². The lowest BCUT2D eigenvalue weighted by molar-refractivity contribution is -0.142. The molecule has 0 radical (unpaired) electrons. The van der Waals surface area contributed by atoms with Crippen LogP contribution < -0.4 is 10.6 Å². The number of anilines is 1. The largest absolute Gasteiger partial charge is 0.308 e. The van der Waals surface area contributed by atoms with Crippen LogP contribution >= 0.6 is 46.7 Å². The molecule has 0 aliphatic carbocycles. The number of carbonyl (C=O) groups excluding carboxylic acids is 3. The average Bonchev–Trinajstić information content (AvgIpc) is 3.33. The van der Waals surface area contributed by atoms with Crippen molar-refractivity contribution in [3.8, 4) is 0 Å². The molecule has 3 heterocycles. The number of carbonyl (C=O) groups is 3. The minimum atomic E-state index is -0.531. The lowest BCUT2D eigenvalue weighted by Crippen LogP contribution is -2.43. The third-order valence-electron chi connectivity index (χ3n) is 4.00. The number of nitrogens with zero attached hydrogens (tertiary/aromatic N) is 3. The summed E-state index contributed by atoms with van der Waals surface area (Å²) in [6, 6.07) is 3.83.